The fourth-order valence-electron chi connectivity index (χ4n) is 0.522. The maximum atomic E-state index is 8.00. The first-order valence-corrected chi connectivity index (χ1v) is 4.08. The predicted molar refractivity (Wildman–Crippen MR) is 57.0 cm³/mol. The Hall–Kier alpha value is 0.748. The smallest absolute Gasteiger partial charge is 0 e. The summed E-state index contributed by atoms with van der Waals surface area (Å²) in [6.07, 6.45) is 0. The van der Waals surface area contributed by atoms with Gasteiger partial charge in [-0.05, 0) is 13.1 Å². The Morgan fingerprint density at radius 2 is 1.62 bits per heavy atom. The van der Waals surface area contributed by atoms with Crippen molar-refractivity contribution in [3.8, 4) is 0 Å². The summed E-state index contributed by atoms with van der Waals surface area (Å²) in [5.41, 5.74) is 0. The molecule has 0 N–H and O–H groups in total. The van der Waals surface area contributed by atoms with Crippen molar-refractivity contribution >= 4 is 25.3 Å². The van der Waals surface area contributed by atoms with E-state index in [1.165, 1.54) is 0 Å². The molecule has 0 aliphatic carbocycles. The molecule has 0 aromatic carbocycles. The van der Waals surface area contributed by atoms with E-state index >= 15 is 0 Å². The van der Waals surface area contributed by atoms with Gasteiger partial charge in [-0.25, -0.2) is 4.71 Å². The summed E-state index contributed by atoms with van der Waals surface area (Å²) < 4.78 is -0.120. The van der Waals surface area contributed by atoms with Crippen molar-refractivity contribution in [2.24, 2.45) is 5.34 Å². The Kier molecular flexibility index (Phi) is 33.5. The van der Waals surface area contributed by atoms with E-state index in [1.54, 1.807) is 0 Å². The van der Waals surface area contributed by atoms with Crippen LogP contribution in [0.4, 0.5) is 0 Å². The Morgan fingerprint density at radius 1 is 1.38 bits per heavy atom. The molecule has 0 heterocycles. The molecule has 0 fully saturated rings. The molecule has 0 saturated carbocycles. The molecule has 7 heteroatoms. The van der Waals surface area contributed by atoms with E-state index in [-0.39, 0.29) is 33.2 Å². The van der Waals surface area contributed by atoms with Gasteiger partial charge in [-0.2, -0.15) is 0 Å². The summed E-state index contributed by atoms with van der Waals surface area (Å²) >= 11 is 9.68. The van der Waals surface area contributed by atoms with Crippen molar-refractivity contribution in [2.75, 3.05) is 13.1 Å². The zero-order chi connectivity index (χ0) is 9.28. The third kappa shape index (κ3) is 19.2. The molecule has 0 atom stereocenters. The summed E-state index contributed by atoms with van der Waals surface area (Å²) in [5, 5.41) is 9.00. The summed E-state index contributed by atoms with van der Waals surface area (Å²) in [6.45, 7) is 6.06. The molecule has 0 aliphatic rings. The second kappa shape index (κ2) is 18.5. The number of nitrogens with zero attached hydrogens (tertiary/aromatic N) is 2. The topological polar surface area (TPSA) is 55.7 Å². The van der Waals surface area contributed by atoms with Crippen LogP contribution in [0.15, 0.2) is 5.34 Å². The van der Waals surface area contributed by atoms with Crippen LogP contribution in [0, 0.1) is 17.5 Å². The second-order valence-electron chi connectivity index (χ2n) is 1.60. The largest absolute Gasteiger partial charge is 0.800 e. The van der Waals surface area contributed by atoms with Crippen LogP contribution in [-0.2, 0) is 46.3 Å². The Labute approximate surface area is 105 Å². The van der Waals surface area contributed by atoms with Crippen molar-refractivity contribution in [3.05, 3.63) is 17.5 Å². The molecule has 0 aromatic heterocycles. The Morgan fingerprint density at radius 3 is 1.62 bits per heavy atom. The maximum absolute atomic E-state index is 8.00. The SMILES string of the molecule is CCN(CC)C([S-])[S-].O=N[O-].[CH3-].[Pt]. The third-order valence-electron chi connectivity index (χ3n) is 1.11. The fraction of sp³-hybridized carbons (Fsp3) is 0.833. The first kappa shape index (κ1) is 23.5. The monoisotopic (exact) mass is 405 g/mol. The molecule has 0 aromatic rings. The van der Waals surface area contributed by atoms with E-state index in [2.05, 4.69) is 13.8 Å². The molecular weight excluding hydrogens is 391 g/mol. The molecule has 0 rings (SSSR count). The van der Waals surface area contributed by atoms with Crippen LogP contribution in [0.5, 0.6) is 0 Å². The quantitative estimate of drug-likeness (QED) is 0.308. The molecule has 0 bridgehead atoms. The molecule has 4 nitrogen and oxygen atoms in total. The van der Waals surface area contributed by atoms with E-state index in [9.17, 15) is 0 Å². The molecule has 0 amide bonds. The van der Waals surface area contributed by atoms with Gasteiger partial charge in [0.25, 0.3) is 0 Å². The molecule has 0 radical (unpaired) electrons. The maximum Gasteiger partial charge on any atom is 0 e. The van der Waals surface area contributed by atoms with Gasteiger partial charge < -0.3 is 47.7 Å². The molecule has 0 saturated heterocycles. The van der Waals surface area contributed by atoms with Crippen LogP contribution in [0.25, 0.3) is 0 Å². The zero-order valence-corrected chi connectivity index (χ0v) is 11.7. The number of hydrogen-bond acceptors (Lipinski definition) is 6. The van der Waals surface area contributed by atoms with Gasteiger partial charge >= 0.3 is 0 Å². The zero-order valence-electron chi connectivity index (χ0n) is 7.84. The van der Waals surface area contributed by atoms with E-state index in [1.807, 2.05) is 4.90 Å². The third-order valence-corrected chi connectivity index (χ3v) is 1.71. The van der Waals surface area contributed by atoms with Gasteiger partial charge in [0.15, 0.2) is 0 Å². The van der Waals surface area contributed by atoms with Gasteiger partial charge in [0.2, 0.25) is 0 Å². The summed E-state index contributed by atoms with van der Waals surface area (Å²) in [7, 11) is 0. The first-order chi connectivity index (χ1) is 5.13. The summed E-state index contributed by atoms with van der Waals surface area (Å²) in [6, 6.07) is 0. The van der Waals surface area contributed by atoms with Crippen molar-refractivity contribution in [2.45, 2.75) is 18.6 Å². The summed E-state index contributed by atoms with van der Waals surface area (Å²) in [4.78, 5) is 10.0. The minimum absolute atomic E-state index is 0. The van der Waals surface area contributed by atoms with Crippen LogP contribution in [0.3, 0.4) is 0 Å². The number of hydrogen-bond donors (Lipinski definition) is 0. The van der Waals surface area contributed by atoms with E-state index in [0.717, 1.165) is 18.4 Å². The Bertz CT molecular complexity index is 94.7. The van der Waals surface area contributed by atoms with Gasteiger partial charge in [0, 0.05) is 21.1 Å². The van der Waals surface area contributed by atoms with Crippen molar-refractivity contribution < 1.29 is 21.1 Å². The van der Waals surface area contributed by atoms with Gasteiger partial charge in [-0.1, -0.05) is 13.8 Å². The van der Waals surface area contributed by atoms with E-state index in [4.69, 9.17) is 35.4 Å². The first-order valence-electron chi connectivity index (χ1n) is 3.14. The van der Waals surface area contributed by atoms with Crippen molar-refractivity contribution in [1.29, 1.82) is 0 Å². The molecule has 0 spiro atoms. The van der Waals surface area contributed by atoms with Crippen LogP contribution in [-0.4, -0.2) is 22.7 Å². The average Bonchev–Trinajstić information content (AvgIpc) is 1.91. The van der Waals surface area contributed by atoms with E-state index in [0.29, 0.717) is 0 Å². The van der Waals surface area contributed by atoms with Gasteiger partial charge in [0.05, 0.1) is 0 Å². The number of rotatable bonds is 3. The summed E-state index contributed by atoms with van der Waals surface area (Å²) in [5.74, 6) is 0. The van der Waals surface area contributed by atoms with Gasteiger partial charge in [-0.15, -0.1) is 5.34 Å². The standard InChI is InChI=1S/C5H13NS2.CH3.HNO2.Pt/c1-3-6(4-2)5(7)8;;2-1-3;/h5,7-8H,3-4H2,1-2H3;1H3;(H,2,3);/q;-1;;/p-3. The van der Waals surface area contributed by atoms with E-state index < -0.39 is 0 Å². The molecular formula is C6H14N2O2PtS2-4. The van der Waals surface area contributed by atoms with Crippen molar-refractivity contribution in [3.63, 3.8) is 0 Å². The van der Waals surface area contributed by atoms with Crippen LogP contribution >= 0.6 is 0 Å². The second-order valence-corrected chi connectivity index (χ2v) is 2.79. The molecule has 86 valence electrons. The van der Waals surface area contributed by atoms with Gasteiger partial charge in [-0.3, -0.25) is 0 Å². The van der Waals surface area contributed by atoms with Crippen LogP contribution in [0.1, 0.15) is 13.8 Å². The predicted octanol–water partition coefficient (Wildman–Crippen LogP) is 1.40. The molecule has 13 heavy (non-hydrogen) atoms. The molecule has 0 unspecified atom stereocenters. The minimum Gasteiger partial charge on any atom is -0.800 e. The normalized spacial score (nSPS) is 7.85. The van der Waals surface area contributed by atoms with Gasteiger partial charge in [0.1, 0.15) is 0 Å². The fourth-order valence-corrected chi connectivity index (χ4v) is 1.12. The Balaban J connectivity index is -0.0000000720. The minimum atomic E-state index is -0.120. The molecule has 0 aliphatic heterocycles. The van der Waals surface area contributed by atoms with Crippen molar-refractivity contribution in [1.82, 2.24) is 4.90 Å². The van der Waals surface area contributed by atoms with Crippen LogP contribution in [0.2, 0.25) is 0 Å². The average molecular weight is 405 g/mol. The van der Waals surface area contributed by atoms with Crippen LogP contribution < -0.4 is 0 Å².